The molecular formula is C9H17NO6. The molecule has 0 aromatic carbocycles. The van der Waals surface area contributed by atoms with Gasteiger partial charge in [-0.2, -0.15) is 0 Å². The van der Waals surface area contributed by atoms with Crippen LogP contribution in [0, 0.1) is 0 Å². The van der Waals surface area contributed by atoms with E-state index in [2.05, 4.69) is 10.1 Å². The van der Waals surface area contributed by atoms with E-state index < -0.39 is 30.3 Å². The van der Waals surface area contributed by atoms with Crippen molar-refractivity contribution in [3.63, 3.8) is 0 Å². The molecular weight excluding hydrogens is 218 g/mol. The highest BCUT2D eigenvalue weighted by Crippen LogP contribution is 2.04. The van der Waals surface area contributed by atoms with Crippen molar-refractivity contribution in [2.75, 3.05) is 13.7 Å². The van der Waals surface area contributed by atoms with Crippen LogP contribution >= 0.6 is 0 Å². The van der Waals surface area contributed by atoms with Crippen LogP contribution in [0.1, 0.15) is 6.92 Å². The van der Waals surface area contributed by atoms with E-state index in [1.165, 1.54) is 14.0 Å². The number of carbonyl (C=O) groups excluding carboxylic acids is 2. The van der Waals surface area contributed by atoms with Gasteiger partial charge in [0.05, 0.1) is 6.61 Å². The first-order valence-electron chi connectivity index (χ1n) is 4.69. The molecule has 16 heavy (non-hydrogen) atoms. The van der Waals surface area contributed by atoms with Gasteiger partial charge in [0.2, 0.25) is 5.91 Å². The fraction of sp³-hybridized carbons (Fsp3) is 0.778. The molecule has 0 saturated carbocycles. The number of rotatable bonds is 7. The van der Waals surface area contributed by atoms with E-state index in [0.29, 0.717) is 0 Å². The predicted molar refractivity (Wildman–Crippen MR) is 53.6 cm³/mol. The SMILES string of the molecule is COC[C@@H](O)[C@@H](O)[C@H](O)[C@H](C=O)NC(C)=O. The molecule has 0 unspecified atom stereocenters. The number of methoxy groups -OCH3 is 1. The van der Waals surface area contributed by atoms with Gasteiger partial charge >= 0.3 is 0 Å². The second kappa shape index (κ2) is 7.29. The Morgan fingerprint density at radius 1 is 1.38 bits per heavy atom. The van der Waals surface area contributed by atoms with Crippen LogP contribution in [0.15, 0.2) is 0 Å². The number of aliphatic hydroxyl groups is 3. The van der Waals surface area contributed by atoms with Gasteiger partial charge < -0.3 is 30.2 Å². The lowest BCUT2D eigenvalue weighted by Gasteiger charge is -2.26. The maximum Gasteiger partial charge on any atom is 0.217 e. The Hall–Kier alpha value is -1.02. The molecule has 7 nitrogen and oxygen atoms in total. The minimum Gasteiger partial charge on any atom is -0.388 e. The molecule has 0 heterocycles. The summed E-state index contributed by atoms with van der Waals surface area (Å²) < 4.78 is 4.57. The Labute approximate surface area is 93.0 Å². The molecule has 0 aliphatic carbocycles. The zero-order chi connectivity index (χ0) is 12.7. The van der Waals surface area contributed by atoms with Crippen molar-refractivity contribution in [2.24, 2.45) is 0 Å². The van der Waals surface area contributed by atoms with Crippen molar-refractivity contribution in [1.82, 2.24) is 5.32 Å². The van der Waals surface area contributed by atoms with Crippen molar-refractivity contribution >= 4 is 12.2 Å². The van der Waals surface area contributed by atoms with Crippen LogP contribution in [0.2, 0.25) is 0 Å². The normalized spacial score (nSPS) is 18.3. The summed E-state index contributed by atoms with van der Waals surface area (Å²) in [7, 11) is 1.31. The van der Waals surface area contributed by atoms with Crippen molar-refractivity contribution in [3.8, 4) is 0 Å². The van der Waals surface area contributed by atoms with E-state index in [4.69, 9.17) is 0 Å². The Balaban J connectivity index is 4.42. The van der Waals surface area contributed by atoms with Crippen LogP contribution in [-0.2, 0) is 14.3 Å². The molecule has 0 radical (unpaired) electrons. The molecule has 0 aromatic rings. The summed E-state index contributed by atoms with van der Waals surface area (Å²) in [5, 5.41) is 30.4. The third kappa shape index (κ3) is 4.67. The highest BCUT2D eigenvalue weighted by atomic mass is 16.5. The van der Waals surface area contributed by atoms with Crippen molar-refractivity contribution in [2.45, 2.75) is 31.3 Å². The van der Waals surface area contributed by atoms with Gasteiger partial charge in [-0.3, -0.25) is 4.79 Å². The Morgan fingerprint density at radius 3 is 2.31 bits per heavy atom. The number of aldehydes is 1. The molecule has 4 atom stereocenters. The van der Waals surface area contributed by atoms with Crippen LogP contribution in [0.4, 0.5) is 0 Å². The van der Waals surface area contributed by atoms with Gasteiger partial charge in [-0.05, 0) is 0 Å². The molecule has 0 spiro atoms. The van der Waals surface area contributed by atoms with Crippen molar-refractivity contribution in [3.05, 3.63) is 0 Å². The summed E-state index contributed by atoms with van der Waals surface area (Å²) in [5.74, 6) is -0.524. The zero-order valence-corrected chi connectivity index (χ0v) is 9.16. The average molecular weight is 235 g/mol. The number of carbonyl (C=O) groups is 2. The Morgan fingerprint density at radius 2 is 1.94 bits per heavy atom. The predicted octanol–water partition coefficient (Wildman–Crippen LogP) is -2.58. The molecule has 4 N–H and O–H groups in total. The van der Waals surface area contributed by atoms with Crippen LogP contribution in [0.5, 0.6) is 0 Å². The number of hydrogen-bond acceptors (Lipinski definition) is 6. The fourth-order valence-corrected chi connectivity index (χ4v) is 1.14. The van der Waals surface area contributed by atoms with Gasteiger partial charge in [-0.1, -0.05) is 0 Å². The number of hydrogen-bond donors (Lipinski definition) is 4. The van der Waals surface area contributed by atoms with Gasteiger partial charge in [-0.25, -0.2) is 0 Å². The van der Waals surface area contributed by atoms with Gasteiger partial charge in [0.25, 0.3) is 0 Å². The maximum absolute atomic E-state index is 10.7. The van der Waals surface area contributed by atoms with Gasteiger partial charge in [0.1, 0.15) is 30.6 Å². The van der Waals surface area contributed by atoms with E-state index in [1.54, 1.807) is 0 Å². The molecule has 0 rings (SSSR count). The average Bonchev–Trinajstić information content (AvgIpc) is 2.23. The summed E-state index contributed by atoms with van der Waals surface area (Å²) >= 11 is 0. The standard InChI is InChI=1S/C9H17NO6/c1-5(12)10-6(3-11)8(14)9(15)7(13)4-16-2/h3,6-9,13-15H,4H2,1-2H3,(H,10,12)/t6-,7+,8+,9+/m0/s1. The van der Waals surface area contributed by atoms with Crippen LogP contribution in [0.25, 0.3) is 0 Å². The largest absolute Gasteiger partial charge is 0.388 e. The number of amides is 1. The summed E-state index contributed by atoms with van der Waals surface area (Å²) in [6.07, 6.45) is -4.22. The molecule has 0 saturated heterocycles. The molecule has 0 aliphatic heterocycles. The zero-order valence-electron chi connectivity index (χ0n) is 9.16. The van der Waals surface area contributed by atoms with Crippen LogP contribution in [0.3, 0.4) is 0 Å². The Kier molecular flexibility index (Phi) is 6.82. The lowest BCUT2D eigenvalue weighted by Crippen LogP contribution is -2.53. The van der Waals surface area contributed by atoms with E-state index in [9.17, 15) is 24.9 Å². The first kappa shape index (κ1) is 15.0. The maximum atomic E-state index is 10.7. The molecule has 0 bridgehead atoms. The quantitative estimate of drug-likeness (QED) is 0.360. The minimum absolute atomic E-state index is 0.191. The first-order valence-corrected chi connectivity index (χ1v) is 4.69. The number of aliphatic hydroxyl groups excluding tert-OH is 3. The number of ether oxygens (including phenoxy) is 1. The summed E-state index contributed by atoms with van der Waals surface area (Å²) in [5.41, 5.74) is 0. The van der Waals surface area contributed by atoms with Gasteiger partial charge in [-0.15, -0.1) is 0 Å². The topological polar surface area (TPSA) is 116 Å². The van der Waals surface area contributed by atoms with Gasteiger partial charge in [0, 0.05) is 14.0 Å². The van der Waals surface area contributed by atoms with E-state index in [-0.39, 0.29) is 12.9 Å². The fourth-order valence-electron chi connectivity index (χ4n) is 1.14. The molecule has 0 fully saturated rings. The number of nitrogens with one attached hydrogen (secondary N) is 1. The van der Waals surface area contributed by atoms with E-state index in [0.717, 1.165) is 0 Å². The van der Waals surface area contributed by atoms with Crippen LogP contribution in [-0.4, -0.2) is 65.6 Å². The molecule has 0 aliphatic rings. The van der Waals surface area contributed by atoms with E-state index in [1.807, 2.05) is 0 Å². The second-order valence-electron chi connectivity index (χ2n) is 3.37. The first-order chi connectivity index (χ1) is 7.43. The third-order valence-corrected chi connectivity index (χ3v) is 1.97. The van der Waals surface area contributed by atoms with Crippen molar-refractivity contribution < 1.29 is 29.6 Å². The Bertz CT molecular complexity index is 234. The smallest absolute Gasteiger partial charge is 0.217 e. The molecule has 1 amide bonds. The highest BCUT2D eigenvalue weighted by Gasteiger charge is 2.31. The lowest BCUT2D eigenvalue weighted by atomic mass is 10.0. The minimum atomic E-state index is -1.59. The lowest BCUT2D eigenvalue weighted by molar-refractivity contribution is -0.130. The third-order valence-electron chi connectivity index (χ3n) is 1.97. The van der Waals surface area contributed by atoms with Gasteiger partial charge in [0.15, 0.2) is 0 Å². The molecule has 7 heteroatoms. The summed E-state index contributed by atoms with van der Waals surface area (Å²) in [6, 6.07) is -1.26. The monoisotopic (exact) mass is 235 g/mol. The second-order valence-corrected chi connectivity index (χ2v) is 3.37. The van der Waals surface area contributed by atoms with Crippen molar-refractivity contribution in [1.29, 1.82) is 0 Å². The molecule has 94 valence electrons. The highest BCUT2D eigenvalue weighted by molar-refractivity contribution is 5.77. The van der Waals surface area contributed by atoms with E-state index >= 15 is 0 Å². The molecule has 0 aromatic heterocycles. The van der Waals surface area contributed by atoms with Crippen LogP contribution < -0.4 is 5.32 Å². The summed E-state index contributed by atoms with van der Waals surface area (Å²) in [6.45, 7) is 0.977. The summed E-state index contributed by atoms with van der Waals surface area (Å²) in [4.78, 5) is 21.3.